The lowest BCUT2D eigenvalue weighted by Crippen LogP contribution is -2.57. The van der Waals surface area contributed by atoms with Gasteiger partial charge in [0.2, 0.25) is 0 Å². The number of Topliss-reactive ketones (excluding diaryl/α,β-unsaturated/α-hetero) is 1. The lowest BCUT2D eigenvalue weighted by atomic mass is 9.44. The van der Waals surface area contributed by atoms with Crippen LogP contribution < -0.4 is 0 Å². The number of carbonyl (C=O) groups is 2. The van der Waals surface area contributed by atoms with Crippen LogP contribution >= 0.6 is 0 Å². The van der Waals surface area contributed by atoms with Crippen molar-refractivity contribution in [2.24, 2.45) is 40.4 Å². The van der Waals surface area contributed by atoms with E-state index >= 15 is 0 Å². The Morgan fingerprint density at radius 1 is 1.23 bits per heavy atom. The Balaban J connectivity index is 1.54. The number of hydrogen-bond donors (Lipinski definition) is 2. The first-order chi connectivity index (χ1) is 12.4. The predicted molar refractivity (Wildman–Crippen MR) is 92.9 cm³/mol. The van der Waals surface area contributed by atoms with Crippen LogP contribution in [0.4, 0.5) is 0 Å². The van der Waals surface area contributed by atoms with Crippen molar-refractivity contribution in [2.75, 3.05) is 6.61 Å². The highest BCUT2D eigenvalue weighted by Gasteiger charge is 2.72. The van der Waals surface area contributed by atoms with Gasteiger partial charge in [0.15, 0.2) is 5.78 Å². The van der Waals surface area contributed by atoms with Crippen LogP contribution in [0.25, 0.3) is 0 Å². The fourth-order valence-corrected chi connectivity index (χ4v) is 8.26. The third-order valence-electron chi connectivity index (χ3n) is 9.27. The van der Waals surface area contributed by atoms with Gasteiger partial charge in [0.1, 0.15) is 12.7 Å². The van der Waals surface area contributed by atoms with Gasteiger partial charge < -0.3 is 14.9 Å². The van der Waals surface area contributed by atoms with E-state index in [0.717, 1.165) is 38.5 Å². The van der Waals surface area contributed by atoms with Gasteiger partial charge >= 0.3 is 5.97 Å². The fraction of sp³-hybridized carbons (Fsp3) is 0.905. The van der Waals surface area contributed by atoms with Crippen molar-refractivity contribution in [3.8, 4) is 0 Å². The molecule has 5 heteroatoms. The molecule has 0 aromatic carbocycles. The number of hydrogen-bond acceptors (Lipinski definition) is 5. The Morgan fingerprint density at radius 3 is 2.81 bits per heavy atom. The molecule has 26 heavy (non-hydrogen) atoms. The zero-order valence-electron chi connectivity index (χ0n) is 15.5. The molecule has 1 spiro atoms. The van der Waals surface area contributed by atoms with Crippen molar-refractivity contribution in [3.05, 3.63) is 0 Å². The Kier molecular flexibility index (Phi) is 3.66. The van der Waals surface area contributed by atoms with Crippen LogP contribution in [-0.2, 0) is 14.3 Å². The summed E-state index contributed by atoms with van der Waals surface area (Å²) in [7, 11) is 0. The summed E-state index contributed by atoms with van der Waals surface area (Å²) in [5.74, 6) is 0.843. The van der Waals surface area contributed by atoms with Crippen molar-refractivity contribution >= 4 is 11.8 Å². The van der Waals surface area contributed by atoms with Crippen LogP contribution in [0, 0.1) is 40.4 Å². The molecule has 9 unspecified atom stereocenters. The van der Waals surface area contributed by atoms with Crippen LogP contribution in [0.15, 0.2) is 0 Å². The van der Waals surface area contributed by atoms with Gasteiger partial charge in [0, 0.05) is 18.3 Å². The minimum atomic E-state index is -0.664. The van der Waals surface area contributed by atoms with Gasteiger partial charge in [-0.2, -0.15) is 0 Å². The molecule has 1 aliphatic heterocycles. The minimum Gasteiger partial charge on any atom is -0.462 e. The highest BCUT2D eigenvalue weighted by atomic mass is 16.6. The SMILES string of the molecule is CC12CCC(O)CC1CCC1C2C2CC3(C(=O)O2)C(C(=O)CO)CCC13. The summed E-state index contributed by atoms with van der Waals surface area (Å²) in [6.07, 6.45) is 6.94. The summed E-state index contributed by atoms with van der Waals surface area (Å²) in [5.41, 5.74) is -0.536. The van der Waals surface area contributed by atoms with E-state index < -0.39 is 12.0 Å². The van der Waals surface area contributed by atoms with Gasteiger partial charge in [0.05, 0.1) is 11.5 Å². The average molecular weight is 362 g/mol. The fourth-order valence-electron chi connectivity index (χ4n) is 8.26. The Bertz CT molecular complexity index is 646. The van der Waals surface area contributed by atoms with Crippen molar-refractivity contribution in [1.29, 1.82) is 0 Å². The van der Waals surface area contributed by atoms with E-state index in [1.807, 2.05) is 0 Å². The smallest absolute Gasteiger partial charge is 0.313 e. The van der Waals surface area contributed by atoms with Crippen molar-refractivity contribution < 1.29 is 24.5 Å². The van der Waals surface area contributed by atoms with Gasteiger partial charge in [-0.1, -0.05) is 6.92 Å². The normalized spacial score (nSPS) is 54.9. The molecule has 5 aliphatic rings. The second-order valence-electron chi connectivity index (χ2n) is 9.95. The summed E-state index contributed by atoms with van der Waals surface area (Å²) >= 11 is 0. The maximum atomic E-state index is 13.1. The number of ether oxygens (including phenoxy) is 1. The van der Waals surface area contributed by atoms with E-state index in [1.54, 1.807) is 0 Å². The molecule has 2 bridgehead atoms. The second kappa shape index (κ2) is 5.54. The number of aliphatic hydroxyl groups is 2. The molecule has 4 aliphatic carbocycles. The van der Waals surface area contributed by atoms with Crippen LogP contribution in [0.3, 0.4) is 0 Å². The van der Waals surface area contributed by atoms with Crippen LogP contribution in [0.2, 0.25) is 0 Å². The standard InChI is InChI=1S/C21H30O5/c1-20-7-6-12(23)8-11(20)2-3-13-14-4-5-15(16(24)10-22)21(14)9-17(18(13)20)26-19(21)25/h11-15,17-18,22-23H,2-10H2,1H3. The quantitative estimate of drug-likeness (QED) is 0.735. The third kappa shape index (κ3) is 1.94. The van der Waals surface area contributed by atoms with Crippen LogP contribution in [0.5, 0.6) is 0 Å². The summed E-state index contributed by atoms with van der Waals surface area (Å²) < 4.78 is 5.99. The number of carbonyl (C=O) groups excluding carboxylic acids is 2. The molecule has 2 N–H and O–H groups in total. The average Bonchev–Trinajstić information content (AvgIpc) is 3.14. The van der Waals surface area contributed by atoms with Gasteiger partial charge in [-0.05, 0) is 68.1 Å². The zero-order valence-corrected chi connectivity index (χ0v) is 15.5. The highest BCUT2D eigenvalue weighted by molar-refractivity contribution is 5.92. The predicted octanol–water partition coefficient (Wildman–Crippen LogP) is 2.08. The lowest BCUT2D eigenvalue weighted by molar-refractivity contribution is -0.154. The first kappa shape index (κ1) is 17.2. The van der Waals surface area contributed by atoms with Crippen LogP contribution in [-0.4, -0.2) is 40.8 Å². The van der Waals surface area contributed by atoms with Crippen LogP contribution in [0.1, 0.15) is 58.3 Å². The zero-order chi connectivity index (χ0) is 18.3. The van der Waals surface area contributed by atoms with E-state index in [-0.39, 0.29) is 41.2 Å². The number of esters is 1. The third-order valence-corrected chi connectivity index (χ3v) is 9.27. The molecule has 5 nitrogen and oxygen atoms in total. The number of ketones is 1. The maximum absolute atomic E-state index is 13.1. The minimum absolute atomic E-state index is 0.0844. The van der Waals surface area contributed by atoms with Gasteiger partial charge in [-0.25, -0.2) is 0 Å². The maximum Gasteiger partial charge on any atom is 0.313 e. The van der Waals surface area contributed by atoms with Crippen molar-refractivity contribution in [1.82, 2.24) is 0 Å². The summed E-state index contributed by atoms with van der Waals surface area (Å²) in [6, 6.07) is 0. The molecule has 144 valence electrons. The first-order valence-electron chi connectivity index (χ1n) is 10.4. The molecule has 5 rings (SSSR count). The number of aliphatic hydroxyl groups excluding tert-OH is 2. The summed E-state index contributed by atoms with van der Waals surface area (Å²) in [4.78, 5) is 25.5. The second-order valence-corrected chi connectivity index (χ2v) is 9.95. The lowest BCUT2D eigenvalue weighted by Gasteiger charge is -2.59. The molecule has 1 heterocycles. The molecular formula is C21H30O5. The van der Waals surface area contributed by atoms with Crippen molar-refractivity contribution in [2.45, 2.75) is 70.5 Å². The first-order valence-corrected chi connectivity index (χ1v) is 10.4. The largest absolute Gasteiger partial charge is 0.462 e. The van der Waals surface area contributed by atoms with E-state index in [1.165, 1.54) is 0 Å². The molecule has 5 fully saturated rings. The van der Waals surface area contributed by atoms with E-state index in [0.29, 0.717) is 30.6 Å². The topological polar surface area (TPSA) is 83.8 Å². The van der Waals surface area contributed by atoms with E-state index in [2.05, 4.69) is 6.92 Å². The number of fused-ring (bicyclic) bond motifs is 6. The number of rotatable bonds is 2. The molecule has 0 aromatic heterocycles. The molecule has 9 atom stereocenters. The molecular weight excluding hydrogens is 332 g/mol. The molecule has 1 saturated heterocycles. The summed E-state index contributed by atoms with van der Waals surface area (Å²) in [6.45, 7) is 1.90. The molecule has 0 aromatic rings. The van der Waals surface area contributed by atoms with Crippen molar-refractivity contribution in [3.63, 3.8) is 0 Å². The van der Waals surface area contributed by atoms with E-state index in [9.17, 15) is 19.8 Å². The van der Waals surface area contributed by atoms with Gasteiger partial charge in [-0.15, -0.1) is 0 Å². The monoisotopic (exact) mass is 362 g/mol. The molecule has 0 radical (unpaired) electrons. The van der Waals surface area contributed by atoms with E-state index in [4.69, 9.17) is 4.74 Å². The highest BCUT2D eigenvalue weighted by Crippen LogP contribution is 2.70. The summed E-state index contributed by atoms with van der Waals surface area (Å²) in [5, 5.41) is 19.6. The molecule has 0 amide bonds. The Morgan fingerprint density at radius 2 is 2.04 bits per heavy atom. The van der Waals surface area contributed by atoms with Gasteiger partial charge in [-0.3, -0.25) is 9.59 Å². The Hall–Kier alpha value is -0.940. The van der Waals surface area contributed by atoms with Gasteiger partial charge in [0.25, 0.3) is 0 Å². The molecule has 4 saturated carbocycles. The Labute approximate surface area is 154 Å².